The second-order valence-corrected chi connectivity index (χ2v) is 4.21. The zero-order chi connectivity index (χ0) is 15.0. The van der Waals surface area contributed by atoms with E-state index in [1.165, 1.54) is 47.7 Å². The van der Waals surface area contributed by atoms with E-state index < -0.39 is 11.9 Å². The van der Waals surface area contributed by atoms with Crippen molar-refractivity contribution in [1.29, 1.82) is 0 Å². The van der Waals surface area contributed by atoms with Crippen LogP contribution in [-0.4, -0.2) is 34.7 Å². The van der Waals surface area contributed by atoms with Gasteiger partial charge in [-0.15, -0.1) is 11.8 Å². The number of aliphatic imine (C=N–C) groups is 1. The number of hydrogen-bond acceptors (Lipinski definition) is 6. The molecule has 0 radical (unpaired) electrons. The highest BCUT2D eigenvalue weighted by Crippen LogP contribution is 2.10. The molecule has 9 heteroatoms. The Balaban J connectivity index is 2.74. The van der Waals surface area contributed by atoms with Crippen molar-refractivity contribution in [3.63, 3.8) is 0 Å². The molecule has 0 aliphatic heterocycles. The van der Waals surface area contributed by atoms with Crippen molar-refractivity contribution < 1.29 is 14.8 Å². The summed E-state index contributed by atoms with van der Waals surface area (Å²) < 4.78 is 0. The number of anilines is 1. The summed E-state index contributed by atoms with van der Waals surface area (Å²) in [7, 11) is 0. The van der Waals surface area contributed by atoms with Gasteiger partial charge in [-0.1, -0.05) is 0 Å². The van der Waals surface area contributed by atoms with Gasteiger partial charge in [0, 0.05) is 11.3 Å². The standard InChI is InChI=1S/C11H13N5O3S/c1-20-9(6-13-12)15-11(18)14-8-4-2-7(3-5-8)10(17)16-19/h2-6,19H,12H2,1H3,(H,14,18)(H,16,17). The van der Waals surface area contributed by atoms with Crippen LogP contribution in [0, 0.1) is 0 Å². The van der Waals surface area contributed by atoms with Crippen molar-refractivity contribution >= 4 is 40.6 Å². The fourth-order valence-corrected chi connectivity index (χ4v) is 1.55. The van der Waals surface area contributed by atoms with E-state index in [1.54, 1.807) is 6.26 Å². The Morgan fingerprint density at radius 3 is 2.50 bits per heavy atom. The van der Waals surface area contributed by atoms with Crippen LogP contribution in [0.25, 0.3) is 0 Å². The van der Waals surface area contributed by atoms with Crippen LogP contribution >= 0.6 is 11.8 Å². The van der Waals surface area contributed by atoms with Crippen molar-refractivity contribution in [1.82, 2.24) is 5.48 Å². The van der Waals surface area contributed by atoms with Gasteiger partial charge in [0.2, 0.25) is 0 Å². The molecule has 0 spiro atoms. The zero-order valence-electron chi connectivity index (χ0n) is 10.5. The van der Waals surface area contributed by atoms with Crippen LogP contribution in [0.1, 0.15) is 10.4 Å². The monoisotopic (exact) mass is 295 g/mol. The molecule has 1 rings (SSSR count). The van der Waals surface area contributed by atoms with Crippen LogP contribution in [-0.2, 0) is 0 Å². The summed E-state index contributed by atoms with van der Waals surface area (Å²) >= 11 is 1.22. The van der Waals surface area contributed by atoms with Gasteiger partial charge in [0.1, 0.15) is 5.04 Å². The van der Waals surface area contributed by atoms with Crippen LogP contribution in [0.3, 0.4) is 0 Å². The van der Waals surface area contributed by atoms with Crippen molar-refractivity contribution in [3.8, 4) is 0 Å². The highest BCUT2D eigenvalue weighted by molar-refractivity contribution is 8.15. The van der Waals surface area contributed by atoms with Gasteiger partial charge in [0.25, 0.3) is 5.91 Å². The molecule has 0 bridgehead atoms. The number of benzene rings is 1. The summed E-state index contributed by atoms with van der Waals surface area (Å²) in [6, 6.07) is 5.32. The molecule has 20 heavy (non-hydrogen) atoms. The van der Waals surface area contributed by atoms with Crippen molar-refractivity contribution in [2.75, 3.05) is 11.6 Å². The van der Waals surface area contributed by atoms with E-state index in [-0.39, 0.29) is 5.56 Å². The third kappa shape index (κ3) is 4.71. The Kier molecular flexibility index (Phi) is 6.20. The van der Waals surface area contributed by atoms with Crippen LogP contribution < -0.4 is 16.6 Å². The van der Waals surface area contributed by atoms with Gasteiger partial charge in [-0.25, -0.2) is 10.3 Å². The molecule has 0 heterocycles. The number of urea groups is 1. The SMILES string of the molecule is CSC(C=NN)=NC(=O)Nc1ccc(C(=O)NO)cc1. The summed E-state index contributed by atoms with van der Waals surface area (Å²) in [5.74, 6) is 4.34. The molecule has 8 nitrogen and oxygen atoms in total. The molecule has 0 saturated carbocycles. The van der Waals surface area contributed by atoms with Gasteiger partial charge in [-0.3, -0.25) is 10.0 Å². The molecular weight excluding hydrogens is 282 g/mol. The Labute approximate surface area is 119 Å². The third-order valence-electron chi connectivity index (χ3n) is 2.11. The number of hydrogen-bond donors (Lipinski definition) is 4. The van der Waals surface area contributed by atoms with Crippen molar-refractivity contribution in [3.05, 3.63) is 29.8 Å². The van der Waals surface area contributed by atoms with E-state index in [4.69, 9.17) is 11.0 Å². The fourth-order valence-electron chi connectivity index (χ4n) is 1.21. The maximum Gasteiger partial charge on any atom is 0.346 e. The minimum Gasteiger partial charge on any atom is -0.323 e. The minimum absolute atomic E-state index is 0.258. The first-order valence-corrected chi connectivity index (χ1v) is 6.54. The Morgan fingerprint density at radius 1 is 1.35 bits per heavy atom. The summed E-state index contributed by atoms with van der Waals surface area (Å²) in [5.41, 5.74) is 2.23. The van der Waals surface area contributed by atoms with Gasteiger partial charge in [-0.2, -0.15) is 10.1 Å². The highest BCUT2D eigenvalue weighted by Gasteiger charge is 2.05. The molecule has 0 aliphatic rings. The largest absolute Gasteiger partial charge is 0.346 e. The Morgan fingerprint density at radius 2 is 2.00 bits per heavy atom. The molecule has 1 aromatic carbocycles. The van der Waals surface area contributed by atoms with Crippen LogP contribution in [0.2, 0.25) is 0 Å². The number of amides is 3. The predicted octanol–water partition coefficient (Wildman–Crippen LogP) is 1.04. The average molecular weight is 295 g/mol. The zero-order valence-corrected chi connectivity index (χ0v) is 11.3. The summed E-state index contributed by atoms with van der Waals surface area (Å²) in [6.07, 6.45) is 3.00. The van der Waals surface area contributed by atoms with Crippen LogP contribution in [0.15, 0.2) is 34.4 Å². The molecule has 0 saturated heterocycles. The van der Waals surface area contributed by atoms with E-state index in [1.807, 2.05) is 0 Å². The molecule has 0 fully saturated rings. The van der Waals surface area contributed by atoms with Gasteiger partial charge in [-0.05, 0) is 30.5 Å². The first-order chi connectivity index (χ1) is 9.60. The predicted molar refractivity (Wildman–Crippen MR) is 78.3 cm³/mol. The Bertz CT molecular complexity index is 541. The molecule has 0 unspecified atom stereocenters. The number of rotatable bonds is 3. The number of hydrazone groups is 1. The molecular formula is C11H13N5O3S. The lowest BCUT2D eigenvalue weighted by atomic mass is 10.2. The smallest absolute Gasteiger partial charge is 0.323 e. The molecule has 0 aromatic heterocycles. The number of nitrogens with two attached hydrogens (primary N) is 1. The number of nitrogens with one attached hydrogen (secondary N) is 2. The second kappa shape index (κ2) is 7.92. The van der Waals surface area contributed by atoms with Crippen LogP contribution in [0.4, 0.5) is 10.5 Å². The number of thioether (sulfide) groups is 1. The van der Waals surface area contributed by atoms with E-state index >= 15 is 0 Å². The molecule has 0 aliphatic carbocycles. The average Bonchev–Trinajstić information content (AvgIpc) is 2.46. The van der Waals surface area contributed by atoms with Gasteiger partial charge in [0.05, 0.1) is 6.21 Å². The highest BCUT2D eigenvalue weighted by atomic mass is 32.2. The topological polar surface area (TPSA) is 129 Å². The van der Waals surface area contributed by atoms with Crippen LogP contribution in [0.5, 0.6) is 0 Å². The van der Waals surface area contributed by atoms with Crippen molar-refractivity contribution in [2.45, 2.75) is 0 Å². The lowest BCUT2D eigenvalue weighted by molar-refractivity contribution is 0.0706. The normalized spacial score (nSPS) is 11.4. The number of carbonyl (C=O) groups is 2. The molecule has 5 N–H and O–H groups in total. The Hall–Kier alpha value is -2.39. The fraction of sp³-hybridized carbons (Fsp3) is 0.0909. The maximum atomic E-state index is 11.6. The number of carbonyl (C=O) groups excluding carboxylic acids is 2. The third-order valence-corrected chi connectivity index (χ3v) is 2.72. The van der Waals surface area contributed by atoms with Gasteiger partial charge < -0.3 is 11.2 Å². The van der Waals surface area contributed by atoms with Gasteiger partial charge >= 0.3 is 6.03 Å². The second-order valence-electron chi connectivity index (χ2n) is 3.38. The maximum absolute atomic E-state index is 11.6. The molecule has 106 valence electrons. The van der Waals surface area contributed by atoms with E-state index in [0.717, 1.165) is 0 Å². The number of hydroxylamine groups is 1. The summed E-state index contributed by atoms with van der Waals surface area (Å²) in [5, 5.41) is 14.6. The van der Waals surface area contributed by atoms with E-state index in [2.05, 4.69) is 15.4 Å². The lowest BCUT2D eigenvalue weighted by Gasteiger charge is -2.03. The minimum atomic E-state index is -0.635. The number of nitrogens with zero attached hydrogens (tertiary/aromatic N) is 2. The van der Waals surface area contributed by atoms with Gasteiger partial charge in [0.15, 0.2) is 0 Å². The molecule has 3 amide bonds. The molecule has 0 atom stereocenters. The first kappa shape index (κ1) is 15.7. The quantitative estimate of drug-likeness (QED) is 0.218. The molecule has 1 aromatic rings. The van der Waals surface area contributed by atoms with E-state index in [0.29, 0.717) is 10.7 Å². The summed E-state index contributed by atoms with van der Waals surface area (Å²) in [4.78, 5) is 26.4. The first-order valence-electron chi connectivity index (χ1n) is 5.32. The summed E-state index contributed by atoms with van der Waals surface area (Å²) in [6.45, 7) is 0. The van der Waals surface area contributed by atoms with E-state index in [9.17, 15) is 9.59 Å². The lowest BCUT2D eigenvalue weighted by Crippen LogP contribution is -2.18. The van der Waals surface area contributed by atoms with Crippen molar-refractivity contribution in [2.24, 2.45) is 15.9 Å².